The predicted molar refractivity (Wildman–Crippen MR) is 56.2 cm³/mol. The molecule has 2 atom stereocenters. The summed E-state index contributed by atoms with van der Waals surface area (Å²) in [5.41, 5.74) is -1.10. The lowest BCUT2D eigenvalue weighted by Crippen LogP contribution is -2.34. The molecule has 0 amide bonds. The zero-order valence-electron chi connectivity index (χ0n) is 8.55. The molecule has 1 nitrogen and oxygen atoms in total. The van der Waals surface area contributed by atoms with Gasteiger partial charge in [-0.2, -0.15) is 0 Å². The first kappa shape index (κ1) is 12.4. The van der Waals surface area contributed by atoms with Crippen LogP contribution in [0.5, 0.6) is 0 Å². The SMILES string of the molecule is CC(C(F)F)C(C)(O)c1ccc(Cl)cc1. The van der Waals surface area contributed by atoms with Gasteiger partial charge >= 0.3 is 0 Å². The third kappa shape index (κ3) is 2.67. The summed E-state index contributed by atoms with van der Waals surface area (Å²) in [5, 5.41) is 10.5. The molecule has 1 aromatic carbocycles. The Morgan fingerprint density at radius 2 is 1.73 bits per heavy atom. The topological polar surface area (TPSA) is 20.2 Å². The zero-order chi connectivity index (χ0) is 11.6. The Hall–Kier alpha value is -0.670. The molecular formula is C11H13ClF2O. The van der Waals surface area contributed by atoms with E-state index in [1.54, 1.807) is 24.3 Å². The highest BCUT2D eigenvalue weighted by Gasteiger charge is 2.36. The Labute approximate surface area is 92.7 Å². The summed E-state index contributed by atoms with van der Waals surface area (Å²) in [5.74, 6) is -1.13. The summed E-state index contributed by atoms with van der Waals surface area (Å²) in [6, 6.07) is 6.26. The minimum atomic E-state index is -2.56. The van der Waals surface area contributed by atoms with Gasteiger partial charge in [-0.3, -0.25) is 0 Å². The summed E-state index contributed by atoms with van der Waals surface area (Å²) in [6.45, 7) is 2.70. The van der Waals surface area contributed by atoms with Crippen molar-refractivity contribution in [2.24, 2.45) is 5.92 Å². The standard InChI is InChI=1S/C11H13ClF2O/c1-7(10(13)14)11(2,15)8-3-5-9(12)6-4-8/h3-7,10,15H,1-2H3. The van der Waals surface area contributed by atoms with E-state index >= 15 is 0 Å². The van der Waals surface area contributed by atoms with Crippen molar-refractivity contribution in [3.8, 4) is 0 Å². The lowest BCUT2D eigenvalue weighted by atomic mass is 9.84. The molecule has 0 saturated carbocycles. The van der Waals surface area contributed by atoms with E-state index in [0.29, 0.717) is 10.6 Å². The van der Waals surface area contributed by atoms with Crippen molar-refractivity contribution >= 4 is 11.6 Å². The second-order valence-electron chi connectivity index (χ2n) is 3.78. The van der Waals surface area contributed by atoms with Gasteiger partial charge in [0.15, 0.2) is 0 Å². The molecule has 1 rings (SSSR count). The second-order valence-corrected chi connectivity index (χ2v) is 4.21. The van der Waals surface area contributed by atoms with Gasteiger partial charge in [0.25, 0.3) is 0 Å². The van der Waals surface area contributed by atoms with Crippen molar-refractivity contribution in [2.75, 3.05) is 0 Å². The third-order valence-corrected chi connectivity index (χ3v) is 2.95. The zero-order valence-corrected chi connectivity index (χ0v) is 9.30. The summed E-state index contributed by atoms with van der Waals surface area (Å²) in [7, 11) is 0. The fraction of sp³-hybridized carbons (Fsp3) is 0.455. The van der Waals surface area contributed by atoms with Crippen LogP contribution in [0, 0.1) is 5.92 Å². The predicted octanol–water partition coefficient (Wildman–Crippen LogP) is 3.45. The van der Waals surface area contributed by atoms with Crippen LogP contribution in [-0.4, -0.2) is 11.5 Å². The average molecular weight is 235 g/mol. The van der Waals surface area contributed by atoms with Crippen molar-refractivity contribution in [3.05, 3.63) is 34.9 Å². The van der Waals surface area contributed by atoms with Crippen LogP contribution < -0.4 is 0 Å². The van der Waals surface area contributed by atoms with Crippen LogP contribution in [0.2, 0.25) is 5.02 Å². The Bertz CT molecular complexity index is 322. The first-order chi connectivity index (χ1) is 6.85. The summed E-state index contributed by atoms with van der Waals surface area (Å²) in [4.78, 5) is 0. The molecule has 0 aliphatic rings. The first-order valence-electron chi connectivity index (χ1n) is 4.62. The Morgan fingerprint density at radius 3 is 2.13 bits per heavy atom. The Morgan fingerprint density at radius 1 is 1.27 bits per heavy atom. The lowest BCUT2D eigenvalue weighted by molar-refractivity contribution is -0.0696. The van der Waals surface area contributed by atoms with Crippen LogP contribution >= 0.6 is 11.6 Å². The van der Waals surface area contributed by atoms with Crippen LogP contribution in [0.1, 0.15) is 19.4 Å². The van der Waals surface area contributed by atoms with Crippen LogP contribution in [0.15, 0.2) is 24.3 Å². The third-order valence-electron chi connectivity index (χ3n) is 2.69. The highest BCUT2D eigenvalue weighted by molar-refractivity contribution is 6.30. The van der Waals surface area contributed by atoms with E-state index in [-0.39, 0.29) is 0 Å². The van der Waals surface area contributed by atoms with Gasteiger partial charge in [0.2, 0.25) is 6.43 Å². The van der Waals surface area contributed by atoms with Crippen molar-refractivity contribution in [1.82, 2.24) is 0 Å². The minimum absolute atomic E-state index is 0.444. The monoisotopic (exact) mass is 234 g/mol. The second kappa shape index (κ2) is 4.45. The highest BCUT2D eigenvalue weighted by Crippen LogP contribution is 2.33. The molecular weight excluding hydrogens is 222 g/mol. The van der Waals surface area contributed by atoms with E-state index in [0.717, 1.165) is 0 Å². The van der Waals surface area contributed by atoms with Crippen molar-refractivity contribution in [2.45, 2.75) is 25.9 Å². The molecule has 2 unspecified atom stereocenters. The van der Waals surface area contributed by atoms with Gasteiger partial charge in [-0.05, 0) is 24.6 Å². The van der Waals surface area contributed by atoms with Gasteiger partial charge in [-0.25, -0.2) is 8.78 Å². The van der Waals surface area contributed by atoms with Crippen LogP contribution in [0.3, 0.4) is 0 Å². The lowest BCUT2D eigenvalue weighted by Gasteiger charge is -2.30. The van der Waals surface area contributed by atoms with Gasteiger partial charge in [0, 0.05) is 10.9 Å². The molecule has 1 aromatic rings. The van der Waals surface area contributed by atoms with Crippen molar-refractivity contribution in [3.63, 3.8) is 0 Å². The Balaban J connectivity index is 2.99. The molecule has 15 heavy (non-hydrogen) atoms. The van der Waals surface area contributed by atoms with E-state index in [2.05, 4.69) is 0 Å². The molecule has 0 fully saturated rings. The maximum Gasteiger partial charge on any atom is 0.244 e. The number of aliphatic hydroxyl groups is 1. The van der Waals surface area contributed by atoms with Crippen LogP contribution in [-0.2, 0) is 5.60 Å². The van der Waals surface area contributed by atoms with Gasteiger partial charge in [-0.15, -0.1) is 0 Å². The van der Waals surface area contributed by atoms with E-state index in [1.807, 2.05) is 0 Å². The van der Waals surface area contributed by atoms with Gasteiger partial charge < -0.3 is 5.11 Å². The summed E-state index contributed by atoms with van der Waals surface area (Å²) < 4.78 is 25.0. The number of rotatable bonds is 3. The first-order valence-corrected chi connectivity index (χ1v) is 5.00. The van der Waals surface area contributed by atoms with Crippen LogP contribution in [0.25, 0.3) is 0 Å². The molecule has 0 bridgehead atoms. The number of benzene rings is 1. The smallest absolute Gasteiger partial charge is 0.244 e. The van der Waals surface area contributed by atoms with E-state index in [1.165, 1.54) is 13.8 Å². The quantitative estimate of drug-likeness (QED) is 0.849. The molecule has 0 radical (unpaired) electrons. The summed E-state index contributed by atoms with van der Waals surface area (Å²) >= 11 is 5.67. The molecule has 0 heterocycles. The van der Waals surface area contributed by atoms with Gasteiger partial charge in [0.05, 0.1) is 5.60 Å². The largest absolute Gasteiger partial charge is 0.385 e. The average Bonchev–Trinajstić information content (AvgIpc) is 2.17. The fourth-order valence-corrected chi connectivity index (χ4v) is 1.42. The number of hydrogen-bond donors (Lipinski definition) is 1. The van der Waals surface area contributed by atoms with E-state index < -0.39 is 17.9 Å². The fourth-order valence-electron chi connectivity index (χ4n) is 1.30. The van der Waals surface area contributed by atoms with Crippen LogP contribution in [0.4, 0.5) is 8.78 Å². The van der Waals surface area contributed by atoms with Gasteiger partial charge in [0.1, 0.15) is 0 Å². The van der Waals surface area contributed by atoms with E-state index in [9.17, 15) is 13.9 Å². The van der Waals surface area contributed by atoms with Crippen molar-refractivity contribution in [1.29, 1.82) is 0 Å². The molecule has 0 saturated heterocycles. The molecule has 0 spiro atoms. The normalized spacial score (nSPS) is 17.5. The molecule has 0 aromatic heterocycles. The highest BCUT2D eigenvalue weighted by atomic mass is 35.5. The number of halogens is 3. The summed E-state index contributed by atoms with van der Waals surface area (Å²) in [6.07, 6.45) is -2.56. The number of alkyl halides is 2. The molecule has 1 N–H and O–H groups in total. The molecule has 4 heteroatoms. The van der Waals surface area contributed by atoms with Gasteiger partial charge in [-0.1, -0.05) is 30.7 Å². The maximum atomic E-state index is 12.5. The molecule has 0 aliphatic heterocycles. The maximum absolute atomic E-state index is 12.5. The number of hydrogen-bond acceptors (Lipinski definition) is 1. The van der Waals surface area contributed by atoms with Crippen molar-refractivity contribution < 1.29 is 13.9 Å². The molecule has 0 aliphatic carbocycles. The Kier molecular flexibility index (Phi) is 3.68. The minimum Gasteiger partial charge on any atom is -0.385 e. The van der Waals surface area contributed by atoms with E-state index in [4.69, 9.17) is 11.6 Å². The molecule has 84 valence electrons.